The van der Waals surface area contributed by atoms with E-state index in [1.165, 1.54) is 0 Å². The van der Waals surface area contributed by atoms with E-state index in [4.69, 9.17) is 9.90 Å². The zero-order valence-corrected chi connectivity index (χ0v) is 9.38. The standard InChI is InChI=1S/C2H6S2.CH3NO2.Na.H/c1-3-4-2;2-1(3)4;;/h1-2H3;2H2,(H,3,4);;/q;;+1;-1. The van der Waals surface area contributed by atoms with Gasteiger partial charge >= 0.3 is 35.7 Å². The SMILES string of the molecule is CSSC.NC(=O)O.[H-].[Na+]. The molecular weight excluding hydrogens is 169 g/mol. The second-order valence-corrected chi connectivity index (χ2v) is 3.34. The molecule has 0 radical (unpaired) electrons. The number of primary amides is 1. The van der Waals surface area contributed by atoms with Crippen molar-refractivity contribution in [3.05, 3.63) is 0 Å². The molecule has 0 aliphatic rings. The van der Waals surface area contributed by atoms with Crippen LogP contribution in [0.1, 0.15) is 1.43 Å². The summed E-state index contributed by atoms with van der Waals surface area (Å²) in [6, 6.07) is 0. The third-order valence-electron chi connectivity index (χ3n) is 0.167. The van der Waals surface area contributed by atoms with Gasteiger partial charge in [0.05, 0.1) is 0 Å². The number of hydrogen-bond donors (Lipinski definition) is 2. The first-order valence-electron chi connectivity index (χ1n) is 1.70. The molecule has 0 atom stereocenters. The number of carboxylic acid groups (broad SMARTS) is 1. The maximum Gasteiger partial charge on any atom is 1.00 e. The average molecular weight is 179 g/mol. The maximum atomic E-state index is 8.78. The number of rotatable bonds is 1. The maximum absolute atomic E-state index is 8.78. The first-order valence-corrected chi connectivity index (χ1v) is 4.67. The Bertz CT molecular complexity index is 62.5. The Morgan fingerprint density at radius 3 is 1.67 bits per heavy atom. The van der Waals surface area contributed by atoms with E-state index in [-0.39, 0.29) is 31.0 Å². The van der Waals surface area contributed by atoms with E-state index >= 15 is 0 Å². The molecule has 0 aliphatic carbocycles. The molecule has 0 heterocycles. The van der Waals surface area contributed by atoms with Crippen molar-refractivity contribution in [3.8, 4) is 0 Å². The largest absolute Gasteiger partial charge is 1.00 e. The van der Waals surface area contributed by atoms with Crippen LogP contribution in [0.5, 0.6) is 0 Å². The summed E-state index contributed by atoms with van der Waals surface area (Å²) in [6.07, 6.45) is 2.79. The second-order valence-electron chi connectivity index (χ2n) is 0.672. The quantitative estimate of drug-likeness (QED) is 0.374. The topological polar surface area (TPSA) is 63.3 Å². The number of nitrogens with two attached hydrogens (primary N) is 1. The van der Waals surface area contributed by atoms with Crippen LogP contribution in [0.15, 0.2) is 0 Å². The van der Waals surface area contributed by atoms with Crippen LogP contribution in [0.4, 0.5) is 4.79 Å². The Hall–Kier alpha value is 0.970. The summed E-state index contributed by atoms with van der Waals surface area (Å²) in [7, 11) is 3.55. The van der Waals surface area contributed by atoms with Gasteiger partial charge in [0.2, 0.25) is 0 Å². The molecule has 0 fully saturated rings. The smallest absolute Gasteiger partial charge is 1.00 e. The van der Waals surface area contributed by atoms with E-state index in [0.717, 1.165) is 0 Å². The van der Waals surface area contributed by atoms with Crippen molar-refractivity contribution < 1.29 is 40.9 Å². The summed E-state index contributed by atoms with van der Waals surface area (Å²) in [4.78, 5) is 8.78. The Morgan fingerprint density at radius 1 is 1.56 bits per heavy atom. The van der Waals surface area contributed by atoms with E-state index in [1.54, 1.807) is 21.6 Å². The molecule has 0 aromatic heterocycles. The van der Waals surface area contributed by atoms with E-state index in [0.29, 0.717) is 0 Å². The molecule has 0 spiro atoms. The van der Waals surface area contributed by atoms with E-state index < -0.39 is 6.09 Å². The first-order chi connectivity index (χ1) is 3.65. The minimum absolute atomic E-state index is 0. The van der Waals surface area contributed by atoms with Crippen LogP contribution >= 0.6 is 21.6 Å². The third-order valence-corrected chi connectivity index (χ3v) is 1.50. The van der Waals surface area contributed by atoms with E-state index in [9.17, 15) is 0 Å². The molecule has 0 rings (SSSR count). The summed E-state index contributed by atoms with van der Waals surface area (Å²) < 4.78 is 0. The Morgan fingerprint density at radius 2 is 1.67 bits per heavy atom. The molecule has 0 aromatic rings. The summed E-state index contributed by atoms with van der Waals surface area (Å²) in [6.45, 7) is 0. The number of hydrogen-bond acceptors (Lipinski definition) is 3. The van der Waals surface area contributed by atoms with Crippen LogP contribution < -0.4 is 35.3 Å². The molecule has 6 heteroatoms. The molecule has 3 N–H and O–H groups in total. The van der Waals surface area contributed by atoms with Crippen LogP contribution in [0, 0.1) is 0 Å². The zero-order chi connectivity index (χ0) is 6.99. The Kier molecular flexibility index (Phi) is 29.3. The fraction of sp³-hybridized carbons (Fsp3) is 0.667. The molecule has 0 unspecified atom stereocenters. The molecule has 1 amide bonds. The van der Waals surface area contributed by atoms with Gasteiger partial charge in [0.25, 0.3) is 0 Å². The normalized spacial score (nSPS) is 6.00. The summed E-state index contributed by atoms with van der Waals surface area (Å²) in [5.41, 5.74) is 4.03. The van der Waals surface area contributed by atoms with Crippen molar-refractivity contribution in [2.24, 2.45) is 5.73 Å². The molecule has 3 nitrogen and oxygen atoms in total. The van der Waals surface area contributed by atoms with Crippen molar-refractivity contribution in [3.63, 3.8) is 0 Å². The van der Waals surface area contributed by atoms with Gasteiger partial charge in [-0.2, -0.15) is 0 Å². The fourth-order valence-electron chi connectivity index (χ4n) is 0. The molecular formula is C3H10NNaO2S2. The fourth-order valence-corrected chi connectivity index (χ4v) is 0. The van der Waals surface area contributed by atoms with E-state index in [1.807, 2.05) is 0 Å². The molecule has 0 bridgehead atoms. The minimum atomic E-state index is -1.33. The monoisotopic (exact) mass is 179 g/mol. The van der Waals surface area contributed by atoms with Gasteiger partial charge in [-0.1, -0.05) is 21.6 Å². The number of carbonyl (C=O) groups is 1. The van der Waals surface area contributed by atoms with Gasteiger partial charge in [-0.25, -0.2) is 4.79 Å². The van der Waals surface area contributed by atoms with Crippen LogP contribution in [-0.4, -0.2) is 23.7 Å². The molecule has 0 aliphatic heterocycles. The van der Waals surface area contributed by atoms with Crippen LogP contribution in [0.3, 0.4) is 0 Å². The Labute approximate surface area is 86.3 Å². The predicted molar refractivity (Wildman–Crippen MR) is 40.4 cm³/mol. The van der Waals surface area contributed by atoms with Crippen LogP contribution in [0.2, 0.25) is 0 Å². The average Bonchev–Trinajstić information content (AvgIpc) is 1.65. The van der Waals surface area contributed by atoms with Crippen molar-refractivity contribution in [2.75, 3.05) is 12.5 Å². The van der Waals surface area contributed by atoms with Crippen molar-refractivity contribution >= 4 is 27.7 Å². The summed E-state index contributed by atoms with van der Waals surface area (Å²) in [5, 5.41) is 7.19. The molecule has 0 aromatic carbocycles. The number of amides is 1. The van der Waals surface area contributed by atoms with E-state index in [2.05, 4.69) is 18.2 Å². The summed E-state index contributed by atoms with van der Waals surface area (Å²) >= 11 is 0. The van der Waals surface area contributed by atoms with Gasteiger partial charge in [0.1, 0.15) is 0 Å². The second kappa shape index (κ2) is 16.0. The first kappa shape index (κ1) is 16.5. The van der Waals surface area contributed by atoms with Crippen molar-refractivity contribution in [1.82, 2.24) is 0 Å². The van der Waals surface area contributed by atoms with Crippen LogP contribution in [-0.2, 0) is 0 Å². The molecule has 0 saturated heterocycles. The van der Waals surface area contributed by atoms with Crippen LogP contribution in [0.25, 0.3) is 0 Å². The van der Waals surface area contributed by atoms with Gasteiger partial charge in [0.15, 0.2) is 0 Å². The minimum Gasteiger partial charge on any atom is -1.00 e. The van der Waals surface area contributed by atoms with Gasteiger partial charge in [-0.3, -0.25) is 0 Å². The van der Waals surface area contributed by atoms with Gasteiger partial charge in [0, 0.05) is 0 Å². The predicted octanol–water partition coefficient (Wildman–Crippen LogP) is -1.63. The molecule has 52 valence electrons. The van der Waals surface area contributed by atoms with Gasteiger partial charge < -0.3 is 12.3 Å². The molecule has 0 saturated carbocycles. The third kappa shape index (κ3) is 112. The molecule has 9 heavy (non-hydrogen) atoms. The zero-order valence-electron chi connectivity index (χ0n) is 6.75. The van der Waals surface area contributed by atoms with Crippen molar-refractivity contribution in [2.45, 2.75) is 0 Å². The summed E-state index contributed by atoms with van der Waals surface area (Å²) in [5.74, 6) is 0. The Balaban J connectivity index is -0.0000000300. The van der Waals surface area contributed by atoms with Crippen molar-refractivity contribution in [1.29, 1.82) is 0 Å². The van der Waals surface area contributed by atoms with Gasteiger partial charge in [-0.15, -0.1) is 0 Å². The van der Waals surface area contributed by atoms with Gasteiger partial charge in [-0.05, 0) is 12.5 Å².